The highest BCUT2D eigenvalue weighted by Gasteiger charge is 2.20. The summed E-state index contributed by atoms with van der Waals surface area (Å²) in [5, 5.41) is 0. The van der Waals surface area contributed by atoms with Gasteiger partial charge in [0.25, 0.3) is 0 Å². The average Bonchev–Trinajstić information content (AvgIpc) is 2.01. The van der Waals surface area contributed by atoms with Crippen LogP contribution in [0.5, 0.6) is 0 Å². The van der Waals surface area contributed by atoms with E-state index in [1.807, 2.05) is 0 Å². The van der Waals surface area contributed by atoms with Gasteiger partial charge in [0.2, 0.25) is 0 Å². The van der Waals surface area contributed by atoms with Crippen molar-refractivity contribution >= 4 is 7.25 Å². The van der Waals surface area contributed by atoms with Crippen molar-refractivity contribution in [1.29, 1.82) is 0 Å². The zero-order valence-corrected chi connectivity index (χ0v) is 8.75. The maximum atomic E-state index is 9.75. The van der Waals surface area contributed by atoms with Gasteiger partial charge in [0.1, 0.15) is 0 Å². The monoisotopic (exact) mass is 217 g/mol. The summed E-state index contributed by atoms with van der Waals surface area (Å²) in [6, 6.07) is 0. The summed E-state index contributed by atoms with van der Waals surface area (Å²) in [4.78, 5) is 0. The fourth-order valence-electron chi connectivity index (χ4n) is 0.957. The van der Waals surface area contributed by atoms with Crippen molar-refractivity contribution in [2.24, 2.45) is 0 Å². The quantitative estimate of drug-likeness (QED) is 0.402. The van der Waals surface area contributed by atoms with Crippen LogP contribution in [0.1, 0.15) is 45.4 Å². The molecule has 0 fully saturated rings. The van der Waals surface area contributed by atoms with E-state index in [-0.39, 0.29) is 0 Å². The van der Waals surface area contributed by atoms with Gasteiger partial charge >= 0.3 is 7.25 Å². The van der Waals surface area contributed by atoms with Crippen molar-refractivity contribution in [1.82, 2.24) is 0 Å². The fraction of sp³-hybridized carbons (Fsp3) is 1.00. The first-order valence-corrected chi connectivity index (χ1v) is 5.08. The topological polar surface area (TPSA) is 27.6 Å². The molecule has 0 aromatic carbocycles. The predicted octanol–water partition coefficient (Wildman–Crippen LogP) is 2.89. The summed E-state index contributed by atoms with van der Waals surface area (Å²) < 4.78 is 39.0. The van der Waals surface area contributed by atoms with Crippen LogP contribution < -0.4 is 5.73 Å². The van der Waals surface area contributed by atoms with Gasteiger partial charge in [-0.2, -0.15) is 0 Å². The molecule has 0 aliphatic rings. The van der Waals surface area contributed by atoms with E-state index in [4.69, 9.17) is 0 Å². The zero-order chi connectivity index (χ0) is 11.4. The van der Waals surface area contributed by atoms with Crippen LogP contribution in [-0.2, 0) is 0 Å². The van der Waals surface area contributed by atoms with E-state index in [1.54, 1.807) is 0 Å². The molecular weight excluding hydrogens is 197 g/mol. The summed E-state index contributed by atoms with van der Waals surface area (Å²) in [6.45, 7) is 3.37. The predicted molar refractivity (Wildman–Crippen MR) is 51.3 cm³/mol. The standard InChI is InChI=1S/C8H19N.BF4/c1-2-3-4-5-6-7-8-9;2-1(3,4)5/h2-9H2,1H3;/q;-1/p+1. The third kappa shape index (κ3) is 41.1. The van der Waals surface area contributed by atoms with Crippen LogP contribution in [0.3, 0.4) is 0 Å². The SMILES string of the molecule is CCCCCCCC[NH3+].F[B-](F)(F)F. The van der Waals surface area contributed by atoms with Crippen molar-refractivity contribution < 1.29 is 23.0 Å². The van der Waals surface area contributed by atoms with Crippen molar-refractivity contribution in [2.45, 2.75) is 45.4 Å². The lowest BCUT2D eigenvalue weighted by Crippen LogP contribution is -2.50. The Balaban J connectivity index is 0. The molecule has 0 aliphatic heterocycles. The highest BCUT2D eigenvalue weighted by atomic mass is 19.5. The van der Waals surface area contributed by atoms with Crippen LogP contribution in [0.25, 0.3) is 0 Å². The van der Waals surface area contributed by atoms with E-state index in [0.717, 1.165) is 6.54 Å². The minimum Gasteiger partial charge on any atom is -0.418 e. The lowest BCUT2D eigenvalue weighted by Gasteiger charge is -1.95. The minimum absolute atomic E-state index is 1.12. The van der Waals surface area contributed by atoms with Crippen molar-refractivity contribution in [2.75, 3.05) is 6.54 Å². The smallest absolute Gasteiger partial charge is 0.418 e. The molecule has 0 radical (unpaired) electrons. The normalized spacial score (nSPS) is 10.7. The van der Waals surface area contributed by atoms with E-state index in [1.165, 1.54) is 38.5 Å². The Kier molecular flexibility index (Phi) is 12.5. The maximum Gasteiger partial charge on any atom is 0.673 e. The Labute approximate surface area is 83.2 Å². The molecule has 0 heterocycles. The molecule has 0 saturated carbocycles. The first-order valence-electron chi connectivity index (χ1n) is 5.08. The highest BCUT2D eigenvalue weighted by molar-refractivity contribution is 6.50. The lowest BCUT2D eigenvalue weighted by molar-refractivity contribution is -0.368. The van der Waals surface area contributed by atoms with E-state index < -0.39 is 7.25 Å². The molecule has 3 N–H and O–H groups in total. The summed E-state index contributed by atoms with van der Waals surface area (Å²) in [6.07, 6.45) is 8.33. The first kappa shape index (κ1) is 16.2. The van der Waals surface area contributed by atoms with Gasteiger partial charge in [-0.1, -0.05) is 32.6 Å². The number of halogens is 4. The summed E-state index contributed by atoms with van der Waals surface area (Å²) in [5.41, 5.74) is 3.80. The van der Waals surface area contributed by atoms with Crippen LogP contribution >= 0.6 is 0 Å². The van der Waals surface area contributed by atoms with Gasteiger partial charge in [-0.25, -0.2) is 0 Å². The largest absolute Gasteiger partial charge is 0.673 e. The zero-order valence-electron chi connectivity index (χ0n) is 8.75. The molecule has 0 aromatic heterocycles. The van der Waals surface area contributed by atoms with E-state index in [2.05, 4.69) is 12.7 Å². The second-order valence-corrected chi connectivity index (χ2v) is 3.12. The average molecular weight is 217 g/mol. The van der Waals surface area contributed by atoms with Gasteiger partial charge < -0.3 is 23.0 Å². The van der Waals surface area contributed by atoms with Crippen LogP contribution in [0.2, 0.25) is 0 Å². The molecule has 0 aliphatic carbocycles. The Morgan fingerprint density at radius 2 is 1.21 bits per heavy atom. The number of rotatable bonds is 6. The lowest BCUT2D eigenvalue weighted by atomic mass is 10.1. The van der Waals surface area contributed by atoms with Gasteiger partial charge in [0.15, 0.2) is 0 Å². The van der Waals surface area contributed by atoms with Crippen molar-refractivity contribution in [3.8, 4) is 0 Å². The Morgan fingerprint density at radius 3 is 1.57 bits per heavy atom. The van der Waals surface area contributed by atoms with E-state index in [9.17, 15) is 17.3 Å². The van der Waals surface area contributed by atoms with Gasteiger partial charge in [0.05, 0.1) is 6.54 Å². The second-order valence-electron chi connectivity index (χ2n) is 3.12. The van der Waals surface area contributed by atoms with Crippen LogP contribution in [0.15, 0.2) is 0 Å². The molecule has 0 bridgehead atoms. The Hall–Kier alpha value is -0.255. The highest BCUT2D eigenvalue weighted by Crippen LogP contribution is 2.06. The Bertz CT molecular complexity index is 96.0. The molecule has 0 unspecified atom stereocenters. The molecule has 88 valence electrons. The molecule has 14 heavy (non-hydrogen) atoms. The summed E-state index contributed by atoms with van der Waals surface area (Å²) >= 11 is 0. The first-order chi connectivity index (χ1) is 6.41. The van der Waals surface area contributed by atoms with E-state index in [0.29, 0.717) is 0 Å². The molecule has 0 amide bonds. The molecule has 0 rings (SSSR count). The van der Waals surface area contributed by atoms with Gasteiger partial charge in [0, 0.05) is 0 Å². The number of hydrogen-bond donors (Lipinski definition) is 1. The van der Waals surface area contributed by atoms with Crippen molar-refractivity contribution in [3.63, 3.8) is 0 Å². The Morgan fingerprint density at radius 1 is 0.857 bits per heavy atom. The van der Waals surface area contributed by atoms with Crippen molar-refractivity contribution in [3.05, 3.63) is 0 Å². The number of hydrogen-bond acceptors (Lipinski definition) is 0. The summed E-state index contributed by atoms with van der Waals surface area (Å²) in [7, 11) is -6.00. The number of quaternary nitrogens is 1. The molecule has 1 nitrogen and oxygen atoms in total. The van der Waals surface area contributed by atoms with Crippen LogP contribution in [0, 0.1) is 0 Å². The summed E-state index contributed by atoms with van der Waals surface area (Å²) in [5.74, 6) is 0. The maximum absolute atomic E-state index is 9.75. The second kappa shape index (κ2) is 10.8. The van der Waals surface area contributed by atoms with Crippen LogP contribution in [0.4, 0.5) is 17.3 Å². The molecule has 6 heteroatoms. The molecule has 0 atom stereocenters. The fourth-order valence-corrected chi connectivity index (χ4v) is 0.957. The van der Waals surface area contributed by atoms with Gasteiger partial charge in [-0.15, -0.1) is 0 Å². The van der Waals surface area contributed by atoms with Gasteiger partial charge in [-0.05, 0) is 12.8 Å². The minimum atomic E-state index is -6.00. The molecule has 0 spiro atoms. The number of unbranched alkanes of at least 4 members (excludes halogenated alkanes) is 5. The molecule has 0 saturated heterocycles. The molecule has 0 aromatic rings. The molecular formula is C8H20BF4N. The van der Waals surface area contributed by atoms with Gasteiger partial charge in [-0.3, -0.25) is 0 Å². The van der Waals surface area contributed by atoms with Crippen LogP contribution in [-0.4, -0.2) is 13.8 Å². The van der Waals surface area contributed by atoms with E-state index >= 15 is 0 Å². The third-order valence-electron chi connectivity index (χ3n) is 1.60. The third-order valence-corrected chi connectivity index (χ3v) is 1.60.